The van der Waals surface area contributed by atoms with E-state index in [2.05, 4.69) is 4.99 Å². The molecule has 0 aromatic rings. The molecule has 5 heteroatoms. The van der Waals surface area contributed by atoms with Crippen LogP contribution in [0.5, 0.6) is 0 Å². The maximum absolute atomic E-state index is 10.5. The Bertz CT molecular complexity index is 280. The van der Waals surface area contributed by atoms with Gasteiger partial charge < -0.3 is 16.6 Å². The molecular weight excluding hydrogens is 194 g/mol. The summed E-state index contributed by atoms with van der Waals surface area (Å²) in [4.78, 5) is 14.6. The van der Waals surface area contributed by atoms with Crippen molar-refractivity contribution >= 4 is 11.8 Å². The van der Waals surface area contributed by atoms with Crippen molar-refractivity contribution in [3.05, 3.63) is 11.6 Å². The zero-order chi connectivity index (χ0) is 12.0. The van der Waals surface area contributed by atoms with Gasteiger partial charge in [-0.25, -0.2) is 0 Å². The smallest absolute Gasteiger partial charge is 0.320 e. The van der Waals surface area contributed by atoms with Crippen molar-refractivity contribution in [2.24, 2.45) is 16.5 Å². The van der Waals surface area contributed by atoms with E-state index in [1.54, 1.807) is 6.92 Å². The molecule has 0 rings (SSSR count). The van der Waals surface area contributed by atoms with Gasteiger partial charge in [0.25, 0.3) is 0 Å². The molecule has 0 aromatic carbocycles. The third kappa shape index (κ3) is 6.68. The predicted molar refractivity (Wildman–Crippen MR) is 60.7 cm³/mol. The van der Waals surface area contributed by atoms with Crippen LogP contribution in [-0.2, 0) is 4.79 Å². The van der Waals surface area contributed by atoms with Gasteiger partial charge in [-0.2, -0.15) is 0 Å². The highest BCUT2D eigenvalue weighted by molar-refractivity contribution is 5.77. The fraction of sp³-hybridized carbons (Fsp3) is 0.600. The molecule has 2 atom stereocenters. The fourth-order valence-corrected chi connectivity index (χ4v) is 1.27. The molecule has 0 aliphatic carbocycles. The number of carbonyl (C=O) groups is 1. The number of aliphatic imine (C=N–C) groups is 1. The van der Waals surface area contributed by atoms with Gasteiger partial charge in [0.15, 0.2) is 0 Å². The van der Waals surface area contributed by atoms with Gasteiger partial charge in [-0.05, 0) is 27.2 Å². The summed E-state index contributed by atoms with van der Waals surface area (Å²) in [6, 6.07) is -0.896. The average molecular weight is 213 g/mol. The molecular formula is C10H19N3O2. The number of nitrogens with zero attached hydrogens (tertiary/aromatic N) is 1. The molecule has 5 nitrogen and oxygen atoms in total. The first-order valence-corrected chi connectivity index (χ1v) is 4.78. The van der Waals surface area contributed by atoms with E-state index in [4.69, 9.17) is 16.6 Å². The Labute approximate surface area is 89.9 Å². The van der Waals surface area contributed by atoms with Crippen molar-refractivity contribution in [1.82, 2.24) is 0 Å². The molecule has 0 saturated carbocycles. The van der Waals surface area contributed by atoms with Crippen molar-refractivity contribution < 1.29 is 9.90 Å². The molecule has 0 spiro atoms. The van der Waals surface area contributed by atoms with Crippen molar-refractivity contribution in [3.63, 3.8) is 0 Å². The standard InChI is InChI=1S/C10H19N3O2/c1-6(5-9(12)10(14)15)4-7(2)13-8(3)11/h4,7,9H,5,12H2,1-3H3,(H2,11,13)(H,14,15)/b6-4-/t7?,9-/m0/s1. The van der Waals surface area contributed by atoms with Gasteiger partial charge in [0.2, 0.25) is 0 Å². The highest BCUT2D eigenvalue weighted by Gasteiger charge is 2.11. The number of amidine groups is 1. The van der Waals surface area contributed by atoms with Crippen LogP contribution in [0.4, 0.5) is 0 Å². The van der Waals surface area contributed by atoms with E-state index < -0.39 is 12.0 Å². The normalized spacial score (nSPS) is 17.3. The Hall–Kier alpha value is -1.36. The molecule has 86 valence electrons. The van der Waals surface area contributed by atoms with Gasteiger partial charge in [-0.3, -0.25) is 9.79 Å². The van der Waals surface area contributed by atoms with Crippen LogP contribution < -0.4 is 11.5 Å². The highest BCUT2D eigenvalue weighted by atomic mass is 16.4. The maximum atomic E-state index is 10.5. The molecule has 0 saturated heterocycles. The summed E-state index contributed by atoms with van der Waals surface area (Å²) in [5.41, 5.74) is 11.7. The van der Waals surface area contributed by atoms with E-state index in [-0.39, 0.29) is 6.04 Å². The van der Waals surface area contributed by atoms with E-state index >= 15 is 0 Å². The Kier molecular flexibility index (Phi) is 5.62. The van der Waals surface area contributed by atoms with Gasteiger partial charge in [0.05, 0.1) is 11.9 Å². The van der Waals surface area contributed by atoms with Gasteiger partial charge in [-0.15, -0.1) is 0 Å². The second-order valence-corrected chi connectivity index (χ2v) is 3.67. The zero-order valence-corrected chi connectivity index (χ0v) is 9.40. The number of rotatable bonds is 5. The number of carboxylic acids is 1. The number of hydrogen-bond donors (Lipinski definition) is 3. The molecule has 5 N–H and O–H groups in total. The zero-order valence-electron chi connectivity index (χ0n) is 9.40. The summed E-state index contributed by atoms with van der Waals surface area (Å²) in [6.07, 6.45) is 2.19. The molecule has 0 fully saturated rings. The lowest BCUT2D eigenvalue weighted by molar-refractivity contribution is -0.138. The van der Waals surface area contributed by atoms with Crippen LogP contribution in [0.25, 0.3) is 0 Å². The maximum Gasteiger partial charge on any atom is 0.320 e. The largest absolute Gasteiger partial charge is 0.480 e. The minimum absolute atomic E-state index is 0.0454. The first kappa shape index (κ1) is 13.6. The quantitative estimate of drug-likeness (QED) is 0.351. The highest BCUT2D eigenvalue weighted by Crippen LogP contribution is 2.06. The Balaban J connectivity index is 4.32. The van der Waals surface area contributed by atoms with Crippen molar-refractivity contribution in [2.75, 3.05) is 0 Å². The second-order valence-electron chi connectivity index (χ2n) is 3.67. The Morgan fingerprint density at radius 3 is 2.47 bits per heavy atom. The molecule has 0 amide bonds. The summed E-state index contributed by atoms with van der Waals surface area (Å²) in [5.74, 6) is -0.483. The minimum Gasteiger partial charge on any atom is -0.480 e. The Morgan fingerprint density at radius 2 is 2.07 bits per heavy atom. The van der Waals surface area contributed by atoms with E-state index in [1.807, 2.05) is 19.9 Å². The molecule has 15 heavy (non-hydrogen) atoms. The first-order valence-electron chi connectivity index (χ1n) is 4.78. The van der Waals surface area contributed by atoms with Crippen molar-refractivity contribution in [1.29, 1.82) is 0 Å². The lowest BCUT2D eigenvalue weighted by Gasteiger charge is -2.08. The number of nitrogens with two attached hydrogens (primary N) is 2. The van der Waals surface area contributed by atoms with E-state index in [9.17, 15) is 4.79 Å². The van der Waals surface area contributed by atoms with E-state index in [1.165, 1.54) is 0 Å². The fourth-order valence-electron chi connectivity index (χ4n) is 1.27. The third-order valence-electron chi connectivity index (χ3n) is 1.79. The van der Waals surface area contributed by atoms with Crippen LogP contribution in [0.15, 0.2) is 16.6 Å². The van der Waals surface area contributed by atoms with Crippen LogP contribution in [0.3, 0.4) is 0 Å². The summed E-state index contributed by atoms with van der Waals surface area (Å²) >= 11 is 0. The molecule has 1 unspecified atom stereocenters. The van der Waals surface area contributed by atoms with Gasteiger partial charge >= 0.3 is 5.97 Å². The third-order valence-corrected chi connectivity index (χ3v) is 1.79. The Morgan fingerprint density at radius 1 is 1.53 bits per heavy atom. The summed E-state index contributed by atoms with van der Waals surface area (Å²) < 4.78 is 0. The molecule has 0 aliphatic heterocycles. The number of aliphatic carboxylic acids is 1. The van der Waals surface area contributed by atoms with Crippen LogP contribution >= 0.6 is 0 Å². The topological polar surface area (TPSA) is 102 Å². The van der Waals surface area contributed by atoms with Gasteiger partial charge in [0.1, 0.15) is 6.04 Å². The van der Waals surface area contributed by atoms with E-state index in [0.29, 0.717) is 12.3 Å². The molecule has 0 heterocycles. The summed E-state index contributed by atoms with van der Waals surface area (Å²) in [7, 11) is 0. The second kappa shape index (κ2) is 6.19. The summed E-state index contributed by atoms with van der Waals surface area (Å²) in [5, 5.41) is 8.61. The van der Waals surface area contributed by atoms with Crippen LogP contribution in [-0.4, -0.2) is 29.0 Å². The van der Waals surface area contributed by atoms with Crippen molar-refractivity contribution in [2.45, 2.75) is 39.3 Å². The van der Waals surface area contributed by atoms with E-state index in [0.717, 1.165) is 5.57 Å². The van der Waals surface area contributed by atoms with Crippen LogP contribution in [0, 0.1) is 0 Å². The monoisotopic (exact) mass is 213 g/mol. The lowest BCUT2D eigenvalue weighted by atomic mass is 10.1. The summed E-state index contributed by atoms with van der Waals surface area (Å²) in [6.45, 7) is 5.43. The number of hydrogen-bond acceptors (Lipinski definition) is 3. The number of carboxylic acid groups (broad SMARTS) is 1. The lowest BCUT2D eigenvalue weighted by Crippen LogP contribution is -2.30. The molecule has 0 aromatic heterocycles. The van der Waals surface area contributed by atoms with Crippen LogP contribution in [0.1, 0.15) is 27.2 Å². The molecule has 0 radical (unpaired) electrons. The molecule has 0 aliphatic rings. The SMILES string of the molecule is CC(N)=NC(C)/C=C(/C)C[C@H](N)C(=O)O. The van der Waals surface area contributed by atoms with Crippen molar-refractivity contribution in [3.8, 4) is 0 Å². The minimum atomic E-state index is -0.992. The average Bonchev–Trinajstić information content (AvgIpc) is 2.00. The van der Waals surface area contributed by atoms with Crippen LogP contribution in [0.2, 0.25) is 0 Å². The molecule has 0 bridgehead atoms. The van der Waals surface area contributed by atoms with Gasteiger partial charge in [-0.1, -0.05) is 11.6 Å². The predicted octanol–water partition coefficient (Wildman–Crippen LogP) is 0.500. The first-order chi connectivity index (χ1) is 6.82. The van der Waals surface area contributed by atoms with Gasteiger partial charge in [0, 0.05) is 0 Å².